The van der Waals surface area contributed by atoms with Crippen LogP contribution < -0.4 is 4.74 Å². The van der Waals surface area contributed by atoms with Gasteiger partial charge in [0, 0.05) is 11.8 Å². The normalized spacial score (nSPS) is 16.9. The van der Waals surface area contributed by atoms with Crippen molar-refractivity contribution in [1.82, 2.24) is 4.98 Å². The van der Waals surface area contributed by atoms with Gasteiger partial charge in [0.1, 0.15) is 5.75 Å². The molecule has 0 aliphatic heterocycles. The first-order valence-corrected chi connectivity index (χ1v) is 4.95. The Bertz CT molecular complexity index is 319. The van der Waals surface area contributed by atoms with Crippen molar-refractivity contribution in [2.24, 2.45) is 0 Å². The lowest BCUT2D eigenvalue weighted by molar-refractivity contribution is 0.112. The molecule has 0 amide bonds. The van der Waals surface area contributed by atoms with Crippen LogP contribution in [-0.4, -0.2) is 17.4 Å². The van der Waals surface area contributed by atoms with Gasteiger partial charge < -0.3 is 4.74 Å². The highest BCUT2D eigenvalue weighted by molar-refractivity contribution is 5.74. The second-order valence-corrected chi connectivity index (χ2v) is 3.60. The zero-order valence-corrected chi connectivity index (χ0v) is 7.98. The summed E-state index contributed by atoms with van der Waals surface area (Å²) in [5, 5.41) is 0. The summed E-state index contributed by atoms with van der Waals surface area (Å²) in [6.45, 7) is 0. The molecule has 0 atom stereocenters. The molecule has 14 heavy (non-hydrogen) atoms. The summed E-state index contributed by atoms with van der Waals surface area (Å²) in [4.78, 5) is 14.4. The number of ether oxygens (including phenoxy) is 1. The molecular weight excluding hydrogens is 178 g/mol. The van der Waals surface area contributed by atoms with E-state index in [0.29, 0.717) is 17.4 Å². The third-order valence-corrected chi connectivity index (χ3v) is 2.48. The van der Waals surface area contributed by atoms with Crippen molar-refractivity contribution in [3.8, 4) is 5.75 Å². The molecular formula is C11H13NO2. The zero-order valence-electron chi connectivity index (χ0n) is 7.98. The average Bonchev–Trinajstić information content (AvgIpc) is 2.71. The first-order valence-electron chi connectivity index (χ1n) is 4.95. The van der Waals surface area contributed by atoms with Crippen LogP contribution in [0.15, 0.2) is 18.5 Å². The van der Waals surface area contributed by atoms with Gasteiger partial charge in [0.05, 0.1) is 12.3 Å². The predicted molar refractivity (Wildman–Crippen MR) is 52.5 cm³/mol. The molecule has 1 heterocycles. The van der Waals surface area contributed by atoms with Gasteiger partial charge in [-0.25, -0.2) is 0 Å². The van der Waals surface area contributed by atoms with Gasteiger partial charge in [-0.1, -0.05) is 0 Å². The highest BCUT2D eigenvalue weighted by atomic mass is 16.5. The Balaban J connectivity index is 2.04. The third kappa shape index (κ3) is 2.10. The number of pyridine rings is 1. The smallest absolute Gasteiger partial charge is 0.151 e. The minimum Gasteiger partial charge on any atom is -0.489 e. The van der Waals surface area contributed by atoms with Crippen LogP contribution >= 0.6 is 0 Å². The van der Waals surface area contributed by atoms with E-state index in [4.69, 9.17) is 4.74 Å². The van der Waals surface area contributed by atoms with Crippen LogP contribution in [0.3, 0.4) is 0 Å². The van der Waals surface area contributed by atoms with E-state index in [1.165, 1.54) is 19.0 Å². The lowest BCUT2D eigenvalue weighted by atomic mass is 10.3. The number of aldehydes is 1. The molecule has 0 N–H and O–H groups in total. The predicted octanol–water partition coefficient (Wildman–Crippen LogP) is 2.22. The van der Waals surface area contributed by atoms with Gasteiger partial charge in [0.2, 0.25) is 0 Å². The fraction of sp³-hybridized carbons (Fsp3) is 0.455. The third-order valence-electron chi connectivity index (χ3n) is 2.48. The van der Waals surface area contributed by atoms with Gasteiger partial charge >= 0.3 is 0 Å². The van der Waals surface area contributed by atoms with Crippen molar-refractivity contribution >= 4 is 6.29 Å². The molecule has 1 aliphatic rings. The second kappa shape index (κ2) is 4.22. The van der Waals surface area contributed by atoms with Crippen molar-refractivity contribution in [2.75, 3.05) is 0 Å². The van der Waals surface area contributed by atoms with Crippen LogP contribution in [0.1, 0.15) is 36.0 Å². The van der Waals surface area contributed by atoms with E-state index in [1.54, 1.807) is 12.3 Å². The average molecular weight is 191 g/mol. The van der Waals surface area contributed by atoms with Gasteiger partial charge in [-0.2, -0.15) is 0 Å². The Morgan fingerprint density at radius 1 is 1.36 bits per heavy atom. The minimum absolute atomic E-state index is 0.318. The number of aromatic nitrogens is 1. The summed E-state index contributed by atoms with van der Waals surface area (Å²) in [5.41, 5.74) is 0.570. The molecule has 1 aromatic heterocycles. The second-order valence-electron chi connectivity index (χ2n) is 3.60. The highest BCUT2D eigenvalue weighted by Gasteiger charge is 2.16. The summed E-state index contributed by atoms with van der Waals surface area (Å²) in [6.07, 6.45) is 9.01. The standard InChI is InChI=1S/C11H13NO2/c13-8-9-5-11(7-12-6-9)14-10-3-1-2-4-10/h5-8,10H,1-4H2. The van der Waals surface area contributed by atoms with Gasteiger partial charge in [-0.3, -0.25) is 9.78 Å². The SMILES string of the molecule is O=Cc1cncc(OC2CCCC2)c1. The number of hydrogen-bond acceptors (Lipinski definition) is 3. The van der Waals surface area contributed by atoms with E-state index < -0.39 is 0 Å². The first kappa shape index (κ1) is 9.19. The van der Waals surface area contributed by atoms with Crippen LogP contribution in [0, 0.1) is 0 Å². The molecule has 74 valence electrons. The van der Waals surface area contributed by atoms with E-state index in [9.17, 15) is 4.79 Å². The van der Waals surface area contributed by atoms with Crippen LogP contribution in [0.25, 0.3) is 0 Å². The first-order chi connectivity index (χ1) is 6.88. The molecule has 0 aromatic carbocycles. The summed E-state index contributed by atoms with van der Waals surface area (Å²) in [6, 6.07) is 1.73. The molecule has 0 spiro atoms. The van der Waals surface area contributed by atoms with E-state index >= 15 is 0 Å². The quantitative estimate of drug-likeness (QED) is 0.687. The number of carbonyl (C=O) groups is 1. The van der Waals surface area contributed by atoms with Gasteiger partial charge in [-0.15, -0.1) is 0 Å². The largest absolute Gasteiger partial charge is 0.489 e. The lowest BCUT2D eigenvalue weighted by Crippen LogP contribution is -2.11. The lowest BCUT2D eigenvalue weighted by Gasteiger charge is -2.12. The maximum absolute atomic E-state index is 10.5. The van der Waals surface area contributed by atoms with Crippen molar-refractivity contribution in [1.29, 1.82) is 0 Å². The van der Waals surface area contributed by atoms with E-state index in [1.807, 2.05) is 0 Å². The van der Waals surface area contributed by atoms with E-state index in [2.05, 4.69) is 4.98 Å². The maximum Gasteiger partial charge on any atom is 0.151 e. The molecule has 1 fully saturated rings. The van der Waals surface area contributed by atoms with Gasteiger partial charge in [0.25, 0.3) is 0 Å². The van der Waals surface area contributed by atoms with Gasteiger partial charge in [0.15, 0.2) is 6.29 Å². The van der Waals surface area contributed by atoms with Crippen LogP contribution in [-0.2, 0) is 0 Å². The number of hydrogen-bond donors (Lipinski definition) is 0. The molecule has 0 radical (unpaired) electrons. The molecule has 0 unspecified atom stereocenters. The molecule has 1 aromatic rings. The Hall–Kier alpha value is -1.38. The summed E-state index contributed by atoms with van der Waals surface area (Å²) in [5.74, 6) is 0.710. The monoisotopic (exact) mass is 191 g/mol. The Kier molecular flexibility index (Phi) is 2.77. The number of rotatable bonds is 3. The molecule has 3 nitrogen and oxygen atoms in total. The maximum atomic E-state index is 10.5. The Labute approximate surface area is 83.1 Å². The fourth-order valence-corrected chi connectivity index (χ4v) is 1.76. The van der Waals surface area contributed by atoms with Crippen LogP contribution in [0.5, 0.6) is 5.75 Å². The molecule has 0 saturated heterocycles. The van der Waals surface area contributed by atoms with Crippen molar-refractivity contribution < 1.29 is 9.53 Å². The van der Waals surface area contributed by atoms with Crippen molar-refractivity contribution in [3.63, 3.8) is 0 Å². The topological polar surface area (TPSA) is 39.2 Å². The highest BCUT2D eigenvalue weighted by Crippen LogP contribution is 2.23. The molecule has 2 rings (SSSR count). The minimum atomic E-state index is 0.318. The van der Waals surface area contributed by atoms with E-state index in [-0.39, 0.29) is 0 Å². The Morgan fingerprint density at radius 2 is 2.14 bits per heavy atom. The van der Waals surface area contributed by atoms with Crippen molar-refractivity contribution in [2.45, 2.75) is 31.8 Å². The molecule has 3 heteroatoms. The number of carbonyl (C=O) groups excluding carboxylic acids is 1. The van der Waals surface area contributed by atoms with Crippen molar-refractivity contribution in [3.05, 3.63) is 24.0 Å². The molecule has 1 saturated carbocycles. The van der Waals surface area contributed by atoms with Crippen LogP contribution in [0.4, 0.5) is 0 Å². The summed E-state index contributed by atoms with van der Waals surface area (Å²) in [7, 11) is 0. The van der Waals surface area contributed by atoms with Gasteiger partial charge in [-0.05, 0) is 31.7 Å². The Morgan fingerprint density at radius 3 is 2.86 bits per heavy atom. The van der Waals surface area contributed by atoms with E-state index in [0.717, 1.165) is 19.1 Å². The fourth-order valence-electron chi connectivity index (χ4n) is 1.76. The molecule has 1 aliphatic carbocycles. The number of nitrogens with zero attached hydrogens (tertiary/aromatic N) is 1. The zero-order chi connectivity index (χ0) is 9.80. The molecule has 0 bridgehead atoms. The summed E-state index contributed by atoms with van der Waals surface area (Å²) < 4.78 is 5.70. The van der Waals surface area contributed by atoms with Crippen LogP contribution in [0.2, 0.25) is 0 Å². The summed E-state index contributed by atoms with van der Waals surface area (Å²) >= 11 is 0.